The second kappa shape index (κ2) is 11.0. The fraction of sp³-hybridized carbons (Fsp3) is 0.346. The van der Waals surface area contributed by atoms with Crippen LogP contribution in [0.2, 0.25) is 0 Å². The molecule has 2 aromatic carbocycles. The molecule has 0 unspecified atom stereocenters. The highest BCUT2D eigenvalue weighted by molar-refractivity contribution is 7.86. The summed E-state index contributed by atoms with van der Waals surface area (Å²) in [5.74, 6) is 0. The molecule has 0 amide bonds. The van der Waals surface area contributed by atoms with Crippen LogP contribution in [0.1, 0.15) is 33.4 Å². The lowest BCUT2D eigenvalue weighted by Gasteiger charge is -2.19. The van der Waals surface area contributed by atoms with E-state index in [1.165, 1.54) is 50.0 Å². The van der Waals surface area contributed by atoms with Gasteiger partial charge in [-0.3, -0.25) is 4.48 Å². The Balaban J connectivity index is 0.000000493. The van der Waals surface area contributed by atoms with E-state index in [0.717, 1.165) is 0 Å². The van der Waals surface area contributed by atoms with Crippen molar-refractivity contribution < 1.29 is 30.6 Å². The zero-order valence-corrected chi connectivity index (χ0v) is 22.7. The lowest BCUT2D eigenvalue weighted by molar-refractivity contribution is -0.532. The largest absolute Gasteiger partial charge is 0.741 e. The first-order chi connectivity index (χ1) is 16.4. The molecule has 3 aromatic rings. The third kappa shape index (κ3) is 6.88. The quantitative estimate of drug-likeness (QED) is 0.300. The van der Waals surface area contributed by atoms with Crippen molar-refractivity contribution >= 4 is 33.6 Å². The molecule has 10 heteroatoms. The van der Waals surface area contributed by atoms with Gasteiger partial charge >= 0.3 is 12.4 Å². The van der Waals surface area contributed by atoms with Gasteiger partial charge in [-0.1, -0.05) is 35.4 Å². The van der Waals surface area contributed by atoms with Gasteiger partial charge in [0.1, 0.15) is 12.4 Å². The predicted octanol–water partition coefficient (Wildman–Crippen LogP) is 3.60. The SMILES string of the molecule is Cc1cc(C)c(B(c2c(C)cc(C)cc2C)[n+]2ccc(N(C)C)cc2)c(C)c1.O=S(=O)([O-])C(F)(F)F. The lowest BCUT2D eigenvalue weighted by Crippen LogP contribution is -2.67. The number of alkyl halides is 3. The van der Waals surface area contributed by atoms with Crippen molar-refractivity contribution in [2.45, 2.75) is 47.1 Å². The van der Waals surface area contributed by atoms with E-state index < -0.39 is 15.6 Å². The summed E-state index contributed by atoms with van der Waals surface area (Å²) >= 11 is 0. The molecule has 194 valence electrons. The van der Waals surface area contributed by atoms with Gasteiger partial charge in [0.25, 0.3) is 0 Å². The minimum absolute atomic E-state index is 0.164. The predicted molar refractivity (Wildman–Crippen MR) is 138 cm³/mol. The lowest BCUT2D eigenvalue weighted by atomic mass is 9.46. The topological polar surface area (TPSA) is 64.3 Å². The number of aromatic nitrogens is 1. The van der Waals surface area contributed by atoms with E-state index in [1.54, 1.807) is 0 Å². The van der Waals surface area contributed by atoms with Crippen molar-refractivity contribution in [2.75, 3.05) is 19.0 Å². The minimum atomic E-state index is -6.09. The molecule has 3 rings (SSSR count). The highest BCUT2D eigenvalue weighted by atomic mass is 32.2. The van der Waals surface area contributed by atoms with Crippen LogP contribution in [0, 0.1) is 41.5 Å². The van der Waals surface area contributed by atoms with E-state index in [9.17, 15) is 13.2 Å². The standard InChI is InChI=1S/C25H32BN2.CHF3O3S/c1-17-13-19(3)24(20(4)14-17)26(25-21(5)15-18(2)16-22(25)6)28-11-9-23(10-12-28)27(7)8;2-1(3,4)8(5,6)7/h9-16H,1-8H3;(H,5,6,7)/q+1;/p-1. The monoisotopic (exact) mass is 520 g/mol. The van der Waals surface area contributed by atoms with Gasteiger partial charge < -0.3 is 9.45 Å². The summed E-state index contributed by atoms with van der Waals surface area (Å²) in [5.41, 5.74) is 6.43. The second-order valence-electron chi connectivity index (χ2n) is 9.33. The van der Waals surface area contributed by atoms with E-state index in [0.29, 0.717) is 0 Å². The van der Waals surface area contributed by atoms with E-state index in [2.05, 4.69) is 114 Å². The van der Waals surface area contributed by atoms with Crippen molar-refractivity contribution in [2.24, 2.45) is 0 Å². The molecule has 1 aromatic heterocycles. The Bertz CT molecular complexity index is 1240. The molecular formula is C26H32BF3N2O3S. The van der Waals surface area contributed by atoms with Crippen molar-refractivity contribution in [1.82, 2.24) is 0 Å². The van der Waals surface area contributed by atoms with Crippen molar-refractivity contribution in [3.63, 3.8) is 0 Å². The maximum atomic E-state index is 10.7. The van der Waals surface area contributed by atoms with Gasteiger partial charge in [0.05, 0.1) is 0 Å². The van der Waals surface area contributed by atoms with Crippen LogP contribution in [0.4, 0.5) is 18.9 Å². The van der Waals surface area contributed by atoms with Crippen LogP contribution in [-0.2, 0) is 10.1 Å². The van der Waals surface area contributed by atoms with Crippen LogP contribution in [0.15, 0.2) is 48.8 Å². The average Bonchev–Trinajstić information content (AvgIpc) is 2.70. The molecular weight excluding hydrogens is 488 g/mol. The van der Waals surface area contributed by atoms with Crippen molar-refractivity contribution in [3.05, 3.63) is 82.2 Å². The number of aryl methyl sites for hydroxylation is 6. The number of nitrogens with zero attached hydrogens (tertiary/aromatic N) is 2. The average molecular weight is 520 g/mol. The van der Waals surface area contributed by atoms with Gasteiger partial charge in [-0.25, -0.2) is 8.42 Å². The molecule has 0 aliphatic carbocycles. The molecule has 0 radical (unpaired) electrons. The molecule has 0 N–H and O–H groups in total. The molecule has 0 saturated heterocycles. The summed E-state index contributed by atoms with van der Waals surface area (Å²) in [4.78, 5) is 2.14. The van der Waals surface area contributed by atoms with Crippen LogP contribution in [0.25, 0.3) is 0 Å². The molecule has 36 heavy (non-hydrogen) atoms. The molecule has 5 nitrogen and oxygen atoms in total. The van der Waals surface area contributed by atoms with Gasteiger partial charge in [0, 0.05) is 42.8 Å². The Morgan fingerprint density at radius 3 is 1.33 bits per heavy atom. The van der Waals surface area contributed by atoms with Crippen LogP contribution in [-0.4, -0.2) is 39.4 Å². The smallest absolute Gasteiger partial charge is 0.560 e. The first-order valence-corrected chi connectivity index (χ1v) is 12.7. The van der Waals surface area contributed by atoms with E-state index in [1.807, 2.05) is 0 Å². The van der Waals surface area contributed by atoms with Gasteiger partial charge in [-0.05, 0) is 63.8 Å². The first-order valence-electron chi connectivity index (χ1n) is 11.3. The van der Waals surface area contributed by atoms with Crippen molar-refractivity contribution in [1.29, 1.82) is 0 Å². The van der Waals surface area contributed by atoms with Crippen LogP contribution in [0.5, 0.6) is 0 Å². The Labute approximate surface area is 212 Å². The molecule has 0 atom stereocenters. The molecule has 0 spiro atoms. The number of halogens is 3. The maximum Gasteiger partial charge on any atom is 0.560 e. The summed E-state index contributed by atoms with van der Waals surface area (Å²) in [6.45, 7) is 13.5. The fourth-order valence-electron chi connectivity index (χ4n) is 4.59. The van der Waals surface area contributed by atoms with E-state index in [4.69, 9.17) is 13.0 Å². The number of rotatable bonds is 4. The second-order valence-corrected chi connectivity index (χ2v) is 10.7. The number of benzene rings is 2. The fourth-order valence-corrected chi connectivity index (χ4v) is 4.59. The number of hydrogen-bond donors (Lipinski definition) is 0. The van der Waals surface area contributed by atoms with Gasteiger partial charge in [-0.2, -0.15) is 13.2 Å². The molecule has 0 saturated carbocycles. The summed E-state index contributed by atoms with van der Waals surface area (Å²) < 4.78 is 61.3. The molecule has 0 aliphatic rings. The molecule has 1 heterocycles. The molecule has 0 bridgehead atoms. The first kappa shape index (κ1) is 29.4. The number of hydrogen-bond acceptors (Lipinski definition) is 4. The third-order valence-corrected chi connectivity index (χ3v) is 6.52. The maximum absolute atomic E-state index is 10.7. The Hall–Kier alpha value is -2.85. The Morgan fingerprint density at radius 1 is 0.778 bits per heavy atom. The molecule has 0 fully saturated rings. The van der Waals surface area contributed by atoms with Gasteiger partial charge in [0.2, 0.25) is 0 Å². The Morgan fingerprint density at radius 2 is 1.08 bits per heavy atom. The van der Waals surface area contributed by atoms with Gasteiger partial charge in [-0.15, -0.1) is 0 Å². The van der Waals surface area contributed by atoms with E-state index in [-0.39, 0.29) is 6.85 Å². The van der Waals surface area contributed by atoms with E-state index >= 15 is 0 Å². The molecule has 0 aliphatic heterocycles. The van der Waals surface area contributed by atoms with Crippen LogP contribution >= 0.6 is 0 Å². The van der Waals surface area contributed by atoms with Crippen LogP contribution in [0.3, 0.4) is 0 Å². The number of anilines is 1. The highest BCUT2D eigenvalue weighted by Crippen LogP contribution is 2.20. The van der Waals surface area contributed by atoms with Gasteiger partial charge in [0.15, 0.2) is 10.1 Å². The third-order valence-electron chi connectivity index (χ3n) is 5.96. The minimum Gasteiger partial charge on any atom is -0.741 e. The normalized spacial score (nSPS) is 11.6. The zero-order valence-electron chi connectivity index (χ0n) is 21.9. The summed E-state index contributed by atoms with van der Waals surface area (Å²) in [6.07, 6.45) is 4.44. The Kier molecular flexibility index (Phi) is 9.02. The summed E-state index contributed by atoms with van der Waals surface area (Å²) in [6, 6.07) is 13.6. The summed E-state index contributed by atoms with van der Waals surface area (Å²) in [5, 5.41) is 0. The number of pyridine rings is 1. The van der Waals surface area contributed by atoms with Crippen molar-refractivity contribution in [3.8, 4) is 0 Å². The van der Waals surface area contributed by atoms with Crippen LogP contribution < -0.4 is 20.3 Å². The highest BCUT2D eigenvalue weighted by Gasteiger charge is 2.39. The summed E-state index contributed by atoms with van der Waals surface area (Å²) in [7, 11) is -1.92. The zero-order chi connectivity index (χ0) is 27.6.